The van der Waals surface area contributed by atoms with Crippen LogP contribution in [0, 0.1) is 20.8 Å². The number of methoxy groups -OCH3 is 1. The number of thiocarbonyl (C=S) groups is 1. The van der Waals surface area contributed by atoms with Crippen LogP contribution in [0.3, 0.4) is 0 Å². The minimum atomic E-state index is -0.197. The fourth-order valence-electron chi connectivity index (χ4n) is 5.13. The lowest BCUT2D eigenvalue weighted by atomic mass is 9.96. The zero-order valence-corrected chi connectivity index (χ0v) is 22.6. The van der Waals surface area contributed by atoms with Gasteiger partial charge in [-0.15, -0.1) is 0 Å². The van der Waals surface area contributed by atoms with Crippen molar-refractivity contribution < 1.29 is 9.53 Å². The Hall–Kier alpha value is -4.08. The quantitative estimate of drug-likeness (QED) is 0.330. The first-order chi connectivity index (χ1) is 18.4. The first-order valence-corrected chi connectivity index (χ1v) is 12.8. The van der Waals surface area contributed by atoms with Gasteiger partial charge in [0.1, 0.15) is 12.4 Å². The first-order valence-electron chi connectivity index (χ1n) is 12.4. The van der Waals surface area contributed by atoms with Gasteiger partial charge in [-0.1, -0.05) is 12.1 Å². The topological polar surface area (TPSA) is 84.3 Å². The van der Waals surface area contributed by atoms with Gasteiger partial charge in [0, 0.05) is 42.3 Å². The molecule has 4 aromatic rings. The van der Waals surface area contributed by atoms with Crippen LogP contribution in [0.25, 0.3) is 5.82 Å². The Morgan fingerprint density at radius 1 is 1.05 bits per heavy atom. The van der Waals surface area contributed by atoms with Crippen molar-refractivity contribution in [2.24, 2.45) is 0 Å². The van der Waals surface area contributed by atoms with Crippen molar-refractivity contribution in [1.82, 2.24) is 19.9 Å². The molecule has 9 heteroatoms. The monoisotopic (exact) mass is 526 g/mol. The van der Waals surface area contributed by atoms with Crippen molar-refractivity contribution in [2.75, 3.05) is 23.9 Å². The molecule has 2 unspecified atom stereocenters. The van der Waals surface area contributed by atoms with Crippen LogP contribution in [0.1, 0.15) is 40.3 Å². The molecule has 8 nitrogen and oxygen atoms in total. The molecule has 5 rings (SSSR count). The Balaban J connectivity index is 1.60. The fourth-order valence-corrected chi connectivity index (χ4v) is 5.48. The number of hydrogen-bond donors (Lipinski definition) is 2. The largest absolute Gasteiger partial charge is 0.375 e. The number of aromatic nitrogens is 3. The second-order valence-electron chi connectivity index (χ2n) is 9.33. The molecule has 0 saturated carbocycles. The average molecular weight is 527 g/mol. The molecule has 2 N–H and O–H groups in total. The van der Waals surface area contributed by atoms with Crippen LogP contribution in [0.5, 0.6) is 0 Å². The van der Waals surface area contributed by atoms with E-state index in [2.05, 4.69) is 50.0 Å². The third kappa shape index (κ3) is 4.78. The van der Waals surface area contributed by atoms with E-state index in [1.165, 1.54) is 7.11 Å². The molecule has 3 aromatic heterocycles. The molecule has 1 saturated heterocycles. The second-order valence-corrected chi connectivity index (χ2v) is 9.71. The summed E-state index contributed by atoms with van der Waals surface area (Å²) in [7, 11) is 1.50. The number of rotatable bonds is 7. The predicted octanol–water partition coefficient (Wildman–Crippen LogP) is 4.95. The number of nitrogens with one attached hydrogen (secondary N) is 2. The Bertz CT molecular complexity index is 1470. The Kier molecular flexibility index (Phi) is 7.22. The normalized spacial score (nSPS) is 16.9. The lowest BCUT2D eigenvalue weighted by Crippen LogP contribution is -2.29. The highest BCUT2D eigenvalue weighted by atomic mass is 32.1. The summed E-state index contributed by atoms with van der Waals surface area (Å²) >= 11 is 5.92. The Morgan fingerprint density at radius 2 is 1.82 bits per heavy atom. The lowest BCUT2D eigenvalue weighted by molar-refractivity contribution is -0.119. The molecule has 2 atom stereocenters. The Morgan fingerprint density at radius 3 is 2.47 bits per heavy atom. The van der Waals surface area contributed by atoms with Crippen molar-refractivity contribution in [1.29, 1.82) is 0 Å². The summed E-state index contributed by atoms with van der Waals surface area (Å²) in [5.74, 6) is 0.673. The number of pyridine rings is 2. The van der Waals surface area contributed by atoms with E-state index in [0.29, 0.717) is 5.11 Å². The molecule has 0 spiro atoms. The molecule has 4 heterocycles. The number of carbonyl (C=O) groups excluding carboxylic acids is 1. The van der Waals surface area contributed by atoms with E-state index < -0.39 is 0 Å². The first kappa shape index (κ1) is 25.6. The van der Waals surface area contributed by atoms with Gasteiger partial charge in [0.05, 0.1) is 17.8 Å². The van der Waals surface area contributed by atoms with E-state index in [1.54, 1.807) is 12.4 Å². The fraction of sp³-hybridized carbons (Fsp3) is 0.241. The molecule has 1 aliphatic heterocycles. The van der Waals surface area contributed by atoms with Gasteiger partial charge >= 0.3 is 0 Å². The van der Waals surface area contributed by atoms with Gasteiger partial charge in [0.2, 0.25) is 5.91 Å². The van der Waals surface area contributed by atoms with Crippen LogP contribution in [-0.2, 0) is 9.53 Å². The van der Waals surface area contributed by atoms with Crippen molar-refractivity contribution in [3.8, 4) is 5.82 Å². The molecule has 0 bridgehead atoms. The standard InChI is InChI=1S/C29H30N6O2S/c1-18-15-21(11-12-23(18)32-26(36)17-37-4)35-28(27(33-29(35)38)24-9-5-7-13-30-24)22-16-19(2)34(20(22)3)25-10-6-8-14-31-25/h5-16,27-28H,17H2,1-4H3,(H,32,36)(H,33,38). The maximum Gasteiger partial charge on any atom is 0.250 e. The number of benzene rings is 1. The SMILES string of the molecule is COCC(=O)Nc1ccc(N2C(=S)NC(c3ccccn3)C2c2cc(C)n(-c3ccccn3)c2C)cc1C. The van der Waals surface area contributed by atoms with Gasteiger partial charge in [-0.25, -0.2) is 4.98 Å². The smallest absolute Gasteiger partial charge is 0.250 e. The molecule has 1 aromatic carbocycles. The summed E-state index contributed by atoms with van der Waals surface area (Å²) in [5, 5.41) is 7.05. The van der Waals surface area contributed by atoms with Crippen LogP contribution < -0.4 is 15.5 Å². The summed E-state index contributed by atoms with van der Waals surface area (Å²) in [5.41, 5.74) is 6.80. The van der Waals surface area contributed by atoms with E-state index in [4.69, 9.17) is 17.0 Å². The van der Waals surface area contributed by atoms with Gasteiger partial charge in [-0.2, -0.15) is 0 Å². The van der Waals surface area contributed by atoms with Gasteiger partial charge in [0.15, 0.2) is 5.11 Å². The van der Waals surface area contributed by atoms with Crippen LogP contribution in [0.15, 0.2) is 73.1 Å². The molecule has 1 fully saturated rings. The highest BCUT2D eigenvalue weighted by Crippen LogP contribution is 2.44. The highest BCUT2D eigenvalue weighted by molar-refractivity contribution is 7.80. The zero-order valence-electron chi connectivity index (χ0n) is 21.8. The van der Waals surface area contributed by atoms with E-state index in [-0.39, 0.29) is 24.6 Å². The van der Waals surface area contributed by atoms with E-state index in [1.807, 2.05) is 61.5 Å². The Labute approximate surface area is 227 Å². The van der Waals surface area contributed by atoms with E-state index in [0.717, 1.165) is 45.4 Å². The van der Waals surface area contributed by atoms with Crippen LogP contribution in [0.4, 0.5) is 11.4 Å². The molecule has 1 amide bonds. The molecule has 194 valence electrons. The number of aryl methyl sites for hydroxylation is 2. The maximum absolute atomic E-state index is 12.1. The molecule has 0 radical (unpaired) electrons. The van der Waals surface area contributed by atoms with E-state index in [9.17, 15) is 4.79 Å². The third-order valence-corrected chi connectivity index (χ3v) is 7.12. The van der Waals surface area contributed by atoms with Gasteiger partial charge < -0.3 is 24.8 Å². The van der Waals surface area contributed by atoms with E-state index >= 15 is 0 Å². The number of hydrogen-bond acceptors (Lipinski definition) is 5. The maximum atomic E-state index is 12.1. The second kappa shape index (κ2) is 10.7. The summed E-state index contributed by atoms with van der Waals surface area (Å²) < 4.78 is 7.12. The molecular weight excluding hydrogens is 496 g/mol. The predicted molar refractivity (Wildman–Crippen MR) is 153 cm³/mol. The summed E-state index contributed by atoms with van der Waals surface area (Å²) in [6, 6.07) is 19.7. The highest BCUT2D eigenvalue weighted by Gasteiger charge is 2.42. The van der Waals surface area contributed by atoms with Crippen LogP contribution in [-0.4, -0.2) is 39.3 Å². The molecular formula is C29H30N6O2S. The summed E-state index contributed by atoms with van der Waals surface area (Å²) in [4.78, 5) is 23.5. The number of carbonyl (C=O) groups is 1. The lowest BCUT2D eigenvalue weighted by Gasteiger charge is -2.29. The van der Waals surface area contributed by atoms with Crippen molar-refractivity contribution in [3.63, 3.8) is 0 Å². The number of ether oxygens (including phenoxy) is 1. The average Bonchev–Trinajstić information content (AvgIpc) is 3.41. The molecule has 38 heavy (non-hydrogen) atoms. The molecule has 0 aliphatic carbocycles. The van der Waals surface area contributed by atoms with Crippen molar-refractivity contribution in [3.05, 3.63) is 101 Å². The number of amides is 1. The summed E-state index contributed by atoms with van der Waals surface area (Å²) in [6.07, 6.45) is 3.61. The minimum Gasteiger partial charge on any atom is -0.375 e. The molecule has 1 aliphatic rings. The number of nitrogens with zero attached hydrogens (tertiary/aromatic N) is 4. The van der Waals surface area contributed by atoms with Gasteiger partial charge in [-0.3, -0.25) is 9.78 Å². The van der Waals surface area contributed by atoms with Crippen molar-refractivity contribution >= 4 is 34.6 Å². The van der Waals surface area contributed by atoms with Gasteiger partial charge in [0.25, 0.3) is 0 Å². The summed E-state index contributed by atoms with van der Waals surface area (Å²) in [6.45, 7) is 6.18. The van der Waals surface area contributed by atoms with Crippen LogP contribution in [0.2, 0.25) is 0 Å². The zero-order chi connectivity index (χ0) is 26.8. The third-order valence-electron chi connectivity index (χ3n) is 6.80. The minimum absolute atomic E-state index is 0.00103. The van der Waals surface area contributed by atoms with Gasteiger partial charge in [-0.05, 0) is 92.6 Å². The van der Waals surface area contributed by atoms with Crippen LogP contribution >= 0.6 is 12.2 Å². The number of anilines is 2. The van der Waals surface area contributed by atoms with Crippen molar-refractivity contribution in [2.45, 2.75) is 32.9 Å².